The molecule has 0 aliphatic carbocycles. The molecule has 0 spiro atoms. The first-order chi connectivity index (χ1) is 13.5. The van der Waals surface area contributed by atoms with Gasteiger partial charge in [0.05, 0.1) is 10.9 Å². The highest BCUT2D eigenvalue weighted by molar-refractivity contribution is 6.06. The van der Waals surface area contributed by atoms with Crippen LogP contribution in [0.4, 0.5) is 8.78 Å². The predicted octanol–water partition coefficient (Wildman–Crippen LogP) is 4.62. The molecule has 0 bridgehead atoms. The van der Waals surface area contributed by atoms with Gasteiger partial charge in [0, 0.05) is 22.7 Å². The Balaban J connectivity index is 2.44. The normalized spacial score (nSPS) is 13.6. The summed E-state index contributed by atoms with van der Waals surface area (Å²) in [4.78, 5) is 25.4. The van der Waals surface area contributed by atoms with E-state index in [9.17, 15) is 28.6 Å². The molecule has 0 fully saturated rings. The number of carbonyl (C=O) groups excluding carboxylic acids is 1. The number of rotatable bonds is 4. The van der Waals surface area contributed by atoms with Crippen LogP contribution in [0.25, 0.3) is 10.9 Å². The van der Waals surface area contributed by atoms with E-state index in [4.69, 9.17) is 0 Å². The number of phenolic OH excluding ortho intramolecular Hbond substituents is 1. The van der Waals surface area contributed by atoms with Crippen molar-refractivity contribution in [2.45, 2.75) is 33.1 Å². The Labute approximate surface area is 166 Å². The molecule has 0 radical (unpaired) electrons. The minimum absolute atomic E-state index is 0.0339. The van der Waals surface area contributed by atoms with Gasteiger partial charge in [-0.05, 0) is 49.6 Å². The number of carboxylic acids is 1. The van der Waals surface area contributed by atoms with Crippen LogP contribution < -0.4 is 0 Å². The Morgan fingerprint density at radius 3 is 2.34 bits per heavy atom. The first-order valence-electron chi connectivity index (χ1n) is 9.07. The molecule has 5 nitrogen and oxygen atoms in total. The van der Waals surface area contributed by atoms with Crippen LogP contribution in [0, 0.1) is 24.5 Å². The molecule has 2 N–H and O–H groups in total. The summed E-state index contributed by atoms with van der Waals surface area (Å²) in [5.74, 6) is -4.32. The van der Waals surface area contributed by atoms with Gasteiger partial charge in [0.1, 0.15) is 5.82 Å². The van der Waals surface area contributed by atoms with Crippen molar-refractivity contribution in [2.75, 3.05) is 0 Å². The van der Waals surface area contributed by atoms with Gasteiger partial charge in [0.15, 0.2) is 11.6 Å². The van der Waals surface area contributed by atoms with Gasteiger partial charge in [-0.3, -0.25) is 14.2 Å². The number of hydrogen-bond acceptors (Lipinski definition) is 3. The van der Waals surface area contributed by atoms with E-state index in [1.54, 1.807) is 20.8 Å². The van der Waals surface area contributed by atoms with Crippen LogP contribution in [0.3, 0.4) is 0 Å². The van der Waals surface area contributed by atoms with E-state index in [1.807, 2.05) is 0 Å². The molecular weight excluding hydrogens is 380 g/mol. The summed E-state index contributed by atoms with van der Waals surface area (Å²) in [6, 6.07) is 7.18. The van der Waals surface area contributed by atoms with E-state index in [0.717, 1.165) is 18.2 Å². The first-order valence-corrected chi connectivity index (χ1v) is 9.07. The highest BCUT2D eigenvalue weighted by atomic mass is 19.1. The fraction of sp³-hybridized carbons (Fsp3) is 0.273. The zero-order valence-corrected chi connectivity index (χ0v) is 16.5. The minimum atomic E-state index is -1.42. The third-order valence-electron chi connectivity index (χ3n) is 5.67. The zero-order valence-electron chi connectivity index (χ0n) is 16.5. The van der Waals surface area contributed by atoms with E-state index >= 15 is 0 Å². The van der Waals surface area contributed by atoms with Crippen molar-refractivity contribution in [1.29, 1.82) is 0 Å². The van der Waals surface area contributed by atoms with Crippen molar-refractivity contribution in [3.05, 3.63) is 64.9 Å². The zero-order chi connectivity index (χ0) is 21.7. The van der Waals surface area contributed by atoms with Gasteiger partial charge in [-0.15, -0.1) is 0 Å². The van der Waals surface area contributed by atoms with Gasteiger partial charge in [-0.1, -0.05) is 19.9 Å². The molecule has 2 aromatic carbocycles. The van der Waals surface area contributed by atoms with E-state index in [0.29, 0.717) is 5.56 Å². The number of carboxylic acid groups (broad SMARTS) is 1. The third-order valence-corrected chi connectivity index (χ3v) is 5.67. The van der Waals surface area contributed by atoms with E-state index in [2.05, 4.69) is 0 Å². The predicted molar refractivity (Wildman–Crippen MR) is 104 cm³/mol. The summed E-state index contributed by atoms with van der Waals surface area (Å²) < 4.78 is 29.0. The maximum absolute atomic E-state index is 14.2. The van der Waals surface area contributed by atoms with E-state index in [-0.39, 0.29) is 28.1 Å². The quantitative estimate of drug-likeness (QED) is 0.669. The van der Waals surface area contributed by atoms with Crippen LogP contribution in [0.15, 0.2) is 36.4 Å². The molecule has 152 valence electrons. The molecule has 7 heteroatoms. The van der Waals surface area contributed by atoms with Crippen LogP contribution in [0.1, 0.15) is 42.4 Å². The molecule has 0 aliphatic rings. The molecule has 29 heavy (non-hydrogen) atoms. The smallest absolute Gasteiger partial charge is 0.314 e. The third kappa shape index (κ3) is 3.06. The summed E-state index contributed by atoms with van der Waals surface area (Å²) in [6.45, 7) is 6.55. The van der Waals surface area contributed by atoms with Crippen LogP contribution in [-0.4, -0.2) is 26.7 Å². The lowest BCUT2D eigenvalue weighted by Gasteiger charge is -2.30. The fourth-order valence-corrected chi connectivity index (χ4v) is 3.73. The van der Waals surface area contributed by atoms with Crippen molar-refractivity contribution >= 4 is 22.8 Å². The fourth-order valence-electron chi connectivity index (χ4n) is 3.73. The van der Waals surface area contributed by atoms with Crippen molar-refractivity contribution < 1.29 is 28.6 Å². The summed E-state index contributed by atoms with van der Waals surface area (Å²) in [5.41, 5.74) is -0.685. The molecule has 0 aliphatic heterocycles. The van der Waals surface area contributed by atoms with Gasteiger partial charge in [0.25, 0.3) is 5.91 Å². The minimum Gasteiger partial charge on any atom is -0.505 e. The largest absolute Gasteiger partial charge is 0.505 e. The number of hydrogen-bond donors (Lipinski definition) is 2. The maximum Gasteiger partial charge on any atom is 0.314 e. The number of benzene rings is 2. The first kappa shape index (κ1) is 20.5. The van der Waals surface area contributed by atoms with Gasteiger partial charge in [-0.2, -0.15) is 0 Å². The van der Waals surface area contributed by atoms with Gasteiger partial charge in [-0.25, -0.2) is 8.78 Å². The molecular formula is C22H21F2NO4. The van der Waals surface area contributed by atoms with Crippen molar-refractivity contribution in [2.24, 2.45) is 5.92 Å². The van der Waals surface area contributed by atoms with Gasteiger partial charge in [0.2, 0.25) is 0 Å². The Kier molecular flexibility index (Phi) is 4.94. The molecule has 3 aromatic rings. The van der Waals surface area contributed by atoms with Crippen LogP contribution >= 0.6 is 0 Å². The molecule has 0 saturated carbocycles. The standard InChI is InChI=1S/C22H21F2NO4/c1-11(2)22(4,21(28)29)19-12(3)25(17-10-16(24)18(26)9-15(17)19)20(27)13-6-5-7-14(23)8-13/h5-11,26H,1-4H3,(H,28,29)/t22-/m1/s1. The lowest BCUT2D eigenvalue weighted by molar-refractivity contribution is -0.145. The number of phenols is 1. The number of aromatic hydroxyl groups is 1. The molecule has 0 unspecified atom stereocenters. The lowest BCUT2D eigenvalue weighted by Crippen LogP contribution is -2.38. The van der Waals surface area contributed by atoms with E-state index < -0.39 is 34.7 Å². The Hall–Kier alpha value is -3.22. The monoisotopic (exact) mass is 401 g/mol. The summed E-state index contributed by atoms with van der Waals surface area (Å²) >= 11 is 0. The number of aliphatic carboxylic acids is 1. The second-order valence-corrected chi connectivity index (χ2v) is 7.59. The van der Waals surface area contributed by atoms with Crippen molar-refractivity contribution in [3.8, 4) is 5.75 Å². The Morgan fingerprint density at radius 2 is 1.79 bits per heavy atom. The second kappa shape index (κ2) is 6.99. The number of halogens is 2. The molecule has 1 heterocycles. The number of fused-ring (bicyclic) bond motifs is 1. The molecule has 0 amide bonds. The van der Waals surface area contributed by atoms with Crippen molar-refractivity contribution in [3.63, 3.8) is 0 Å². The van der Waals surface area contributed by atoms with Crippen LogP contribution in [-0.2, 0) is 10.2 Å². The SMILES string of the molecule is Cc1c([C@](C)(C(=O)O)C(C)C)c2cc(O)c(F)cc2n1C(=O)c1cccc(F)c1. The average Bonchev–Trinajstić information content (AvgIpc) is 2.91. The van der Waals surface area contributed by atoms with Gasteiger partial charge < -0.3 is 10.2 Å². The van der Waals surface area contributed by atoms with Crippen LogP contribution in [0.2, 0.25) is 0 Å². The Bertz CT molecular complexity index is 1150. The summed E-state index contributed by atoms with van der Waals surface area (Å²) in [7, 11) is 0. The molecule has 3 rings (SSSR count). The van der Waals surface area contributed by atoms with Crippen LogP contribution in [0.5, 0.6) is 5.75 Å². The maximum atomic E-state index is 14.2. The summed E-state index contributed by atoms with van der Waals surface area (Å²) in [6.07, 6.45) is 0. The number of carbonyl (C=O) groups is 2. The second-order valence-electron chi connectivity index (χ2n) is 7.59. The highest BCUT2D eigenvalue weighted by Crippen LogP contribution is 2.42. The topological polar surface area (TPSA) is 79.5 Å². The highest BCUT2D eigenvalue weighted by Gasteiger charge is 2.43. The number of aromatic nitrogens is 1. The number of nitrogens with zero attached hydrogens (tertiary/aromatic N) is 1. The molecule has 1 atom stereocenters. The van der Waals surface area contributed by atoms with Crippen molar-refractivity contribution in [1.82, 2.24) is 4.57 Å². The lowest BCUT2D eigenvalue weighted by atomic mass is 9.72. The summed E-state index contributed by atoms with van der Waals surface area (Å²) in [5, 5.41) is 20.2. The molecule has 0 saturated heterocycles. The Morgan fingerprint density at radius 1 is 1.14 bits per heavy atom. The average molecular weight is 401 g/mol. The molecule has 1 aromatic heterocycles. The van der Waals surface area contributed by atoms with E-state index in [1.165, 1.54) is 29.7 Å². The van der Waals surface area contributed by atoms with Gasteiger partial charge >= 0.3 is 5.97 Å².